The van der Waals surface area contributed by atoms with Crippen molar-refractivity contribution in [3.8, 4) is 16.9 Å². The number of benzene rings is 3. The quantitative estimate of drug-likeness (QED) is 0.272. The topological polar surface area (TPSA) is 85.4 Å². The number of aromatic carboxylic acids is 1. The number of hydrogen-bond donors (Lipinski definition) is 2. The summed E-state index contributed by atoms with van der Waals surface area (Å²) in [6.45, 7) is 12.7. The minimum atomic E-state index is -0.995. The molecule has 4 rings (SSSR count). The Bertz CT molecular complexity index is 1470. The van der Waals surface area contributed by atoms with Crippen LogP contribution in [-0.2, 0) is 19.6 Å². The van der Waals surface area contributed by atoms with Crippen LogP contribution in [0.2, 0.25) is 0 Å². The Morgan fingerprint density at radius 2 is 1.57 bits per heavy atom. The predicted molar refractivity (Wildman–Crippen MR) is 150 cm³/mol. The summed E-state index contributed by atoms with van der Waals surface area (Å²) in [5.74, 6) is -0.157. The lowest BCUT2D eigenvalue weighted by atomic mass is 9.90. The standard InChI is InChI=1S/C32H36N2O3/c1-18(2)15-28-26(16-33)30(23-13-11-19(3)12-14-23)27(22(6)34-28)17-37-31-21(5)25-10-8-7-9-24(25)20(4)29(31)32(35)36/h7-14,18H,15-17,33H2,1-6H3,(H,35,36). The van der Waals surface area contributed by atoms with Crippen LogP contribution in [-0.4, -0.2) is 16.1 Å². The fourth-order valence-corrected chi connectivity index (χ4v) is 5.20. The summed E-state index contributed by atoms with van der Waals surface area (Å²) >= 11 is 0. The Morgan fingerprint density at radius 1 is 0.946 bits per heavy atom. The number of pyridine rings is 1. The molecule has 1 aromatic heterocycles. The molecule has 0 bridgehead atoms. The van der Waals surface area contributed by atoms with Crippen molar-refractivity contribution in [1.82, 2.24) is 4.98 Å². The van der Waals surface area contributed by atoms with Crippen LogP contribution in [0.15, 0.2) is 48.5 Å². The van der Waals surface area contributed by atoms with Crippen LogP contribution in [0, 0.1) is 33.6 Å². The molecule has 0 aliphatic heterocycles. The summed E-state index contributed by atoms with van der Waals surface area (Å²) in [4.78, 5) is 17.3. The minimum absolute atomic E-state index is 0.190. The van der Waals surface area contributed by atoms with Crippen molar-refractivity contribution in [2.45, 2.75) is 61.1 Å². The minimum Gasteiger partial charge on any atom is -0.488 e. The van der Waals surface area contributed by atoms with Gasteiger partial charge in [-0.05, 0) is 78.6 Å². The van der Waals surface area contributed by atoms with Crippen LogP contribution < -0.4 is 10.5 Å². The molecule has 0 amide bonds. The van der Waals surface area contributed by atoms with Gasteiger partial charge in [0.05, 0.1) is 0 Å². The summed E-state index contributed by atoms with van der Waals surface area (Å²) < 4.78 is 6.43. The molecule has 0 spiro atoms. The number of carbonyl (C=O) groups is 1. The van der Waals surface area contributed by atoms with Crippen LogP contribution in [0.25, 0.3) is 21.9 Å². The molecule has 5 nitrogen and oxygen atoms in total. The molecular formula is C32H36N2O3. The van der Waals surface area contributed by atoms with Gasteiger partial charge >= 0.3 is 5.97 Å². The average Bonchev–Trinajstić information content (AvgIpc) is 2.85. The zero-order valence-corrected chi connectivity index (χ0v) is 22.6. The maximum absolute atomic E-state index is 12.4. The first-order valence-electron chi connectivity index (χ1n) is 12.8. The van der Waals surface area contributed by atoms with Gasteiger partial charge in [-0.3, -0.25) is 4.98 Å². The zero-order valence-electron chi connectivity index (χ0n) is 22.6. The highest BCUT2D eigenvalue weighted by molar-refractivity contribution is 6.02. The second kappa shape index (κ2) is 10.7. The van der Waals surface area contributed by atoms with E-state index >= 15 is 0 Å². The molecule has 192 valence electrons. The molecule has 5 heteroatoms. The smallest absolute Gasteiger partial charge is 0.339 e. The Labute approximate surface area is 219 Å². The van der Waals surface area contributed by atoms with E-state index in [0.717, 1.165) is 56.4 Å². The summed E-state index contributed by atoms with van der Waals surface area (Å²) in [6.07, 6.45) is 0.833. The van der Waals surface area contributed by atoms with Crippen molar-refractivity contribution in [1.29, 1.82) is 0 Å². The number of ether oxygens (including phenoxy) is 1. The number of aryl methyl sites for hydroxylation is 4. The van der Waals surface area contributed by atoms with E-state index in [1.165, 1.54) is 5.56 Å². The Hall–Kier alpha value is -3.70. The van der Waals surface area contributed by atoms with Crippen LogP contribution >= 0.6 is 0 Å². The van der Waals surface area contributed by atoms with E-state index in [2.05, 4.69) is 45.0 Å². The number of rotatable bonds is 8. The van der Waals surface area contributed by atoms with Crippen molar-refractivity contribution in [3.05, 3.63) is 93.3 Å². The highest BCUT2D eigenvalue weighted by Gasteiger charge is 2.24. The van der Waals surface area contributed by atoms with Gasteiger partial charge < -0.3 is 15.6 Å². The first kappa shape index (κ1) is 26.4. The monoisotopic (exact) mass is 496 g/mol. The van der Waals surface area contributed by atoms with E-state index in [-0.39, 0.29) is 12.2 Å². The average molecular weight is 497 g/mol. The molecule has 0 saturated carbocycles. The molecule has 37 heavy (non-hydrogen) atoms. The molecular weight excluding hydrogens is 460 g/mol. The van der Waals surface area contributed by atoms with E-state index in [1.807, 2.05) is 45.0 Å². The molecule has 0 atom stereocenters. The zero-order chi connectivity index (χ0) is 26.9. The third kappa shape index (κ3) is 5.09. The van der Waals surface area contributed by atoms with E-state index in [1.54, 1.807) is 0 Å². The maximum atomic E-state index is 12.4. The molecule has 3 aromatic carbocycles. The van der Waals surface area contributed by atoms with Crippen LogP contribution in [0.1, 0.15) is 63.4 Å². The maximum Gasteiger partial charge on any atom is 0.339 e. The molecule has 3 N–H and O–H groups in total. The lowest BCUT2D eigenvalue weighted by molar-refractivity contribution is 0.0691. The van der Waals surface area contributed by atoms with Gasteiger partial charge in [0.25, 0.3) is 0 Å². The van der Waals surface area contributed by atoms with E-state index in [9.17, 15) is 9.90 Å². The van der Waals surface area contributed by atoms with Crippen LogP contribution in [0.5, 0.6) is 5.75 Å². The van der Waals surface area contributed by atoms with Crippen molar-refractivity contribution >= 4 is 16.7 Å². The number of nitrogens with two attached hydrogens (primary N) is 1. The van der Waals surface area contributed by atoms with E-state index in [4.69, 9.17) is 15.5 Å². The number of hydrogen-bond acceptors (Lipinski definition) is 4. The summed E-state index contributed by atoms with van der Waals surface area (Å²) in [7, 11) is 0. The molecule has 0 aliphatic carbocycles. The van der Waals surface area contributed by atoms with Gasteiger partial charge in [0, 0.05) is 23.5 Å². The van der Waals surface area contributed by atoms with E-state index < -0.39 is 5.97 Å². The second-order valence-electron chi connectivity index (χ2n) is 10.2. The first-order chi connectivity index (χ1) is 17.6. The SMILES string of the molecule is Cc1ccc(-c2c(COc3c(C(=O)O)c(C)c4ccccc4c3C)c(C)nc(CC(C)C)c2CN)cc1. The Balaban J connectivity index is 1.90. The van der Waals surface area contributed by atoms with Crippen molar-refractivity contribution in [2.24, 2.45) is 11.7 Å². The van der Waals surface area contributed by atoms with Crippen molar-refractivity contribution in [2.75, 3.05) is 0 Å². The van der Waals surface area contributed by atoms with Crippen molar-refractivity contribution < 1.29 is 14.6 Å². The molecule has 0 fully saturated rings. The number of carboxylic acid groups (broad SMARTS) is 1. The molecule has 0 radical (unpaired) electrons. The molecule has 0 aliphatic rings. The van der Waals surface area contributed by atoms with Gasteiger partial charge in [-0.1, -0.05) is 67.9 Å². The Morgan fingerprint density at radius 3 is 2.14 bits per heavy atom. The highest BCUT2D eigenvalue weighted by Crippen LogP contribution is 2.38. The number of aromatic nitrogens is 1. The van der Waals surface area contributed by atoms with Gasteiger partial charge in [0.2, 0.25) is 0 Å². The van der Waals surface area contributed by atoms with Gasteiger partial charge in [-0.25, -0.2) is 4.79 Å². The summed E-state index contributed by atoms with van der Waals surface area (Å²) in [5.41, 5.74) is 15.2. The predicted octanol–water partition coefficient (Wildman–Crippen LogP) is 7.07. The highest BCUT2D eigenvalue weighted by atomic mass is 16.5. The molecule has 4 aromatic rings. The third-order valence-electron chi connectivity index (χ3n) is 7.09. The van der Waals surface area contributed by atoms with Crippen LogP contribution in [0.3, 0.4) is 0 Å². The third-order valence-corrected chi connectivity index (χ3v) is 7.09. The van der Waals surface area contributed by atoms with Gasteiger partial charge in [0.15, 0.2) is 0 Å². The fourth-order valence-electron chi connectivity index (χ4n) is 5.20. The van der Waals surface area contributed by atoms with Gasteiger partial charge in [-0.15, -0.1) is 0 Å². The Kier molecular flexibility index (Phi) is 7.65. The number of fused-ring (bicyclic) bond motifs is 1. The first-order valence-corrected chi connectivity index (χ1v) is 12.8. The fraction of sp³-hybridized carbons (Fsp3) is 0.312. The second-order valence-corrected chi connectivity index (χ2v) is 10.2. The van der Waals surface area contributed by atoms with Gasteiger partial charge in [0.1, 0.15) is 17.9 Å². The molecule has 0 unspecified atom stereocenters. The summed E-state index contributed by atoms with van der Waals surface area (Å²) in [5, 5.41) is 12.0. The number of carboxylic acids is 1. The molecule has 1 heterocycles. The van der Waals surface area contributed by atoms with Crippen molar-refractivity contribution in [3.63, 3.8) is 0 Å². The van der Waals surface area contributed by atoms with Gasteiger partial charge in [-0.2, -0.15) is 0 Å². The number of nitrogens with zero attached hydrogens (tertiary/aromatic N) is 1. The normalized spacial score (nSPS) is 11.4. The van der Waals surface area contributed by atoms with Crippen LogP contribution in [0.4, 0.5) is 0 Å². The van der Waals surface area contributed by atoms with E-state index in [0.29, 0.717) is 23.8 Å². The summed E-state index contributed by atoms with van der Waals surface area (Å²) in [6, 6.07) is 16.3. The largest absolute Gasteiger partial charge is 0.488 e. The molecule has 0 saturated heterocycles. The lowest BCUT2D eigenvalue weighted by Gasteiger charge is -2.23. The lowest BCUT2D eigenvalue weighted by Crippen LogP contribution is -2.15.